The van der Waals surface area contributed by atoms with Gasteiger partial charge in [-0.1, -0.05) is 0 Å². The highest BCUT2D eigenvalue weighted by Gasteiger charge is 2.29. The molecule has 1 aromatic carbocycles. The Hall–Kier alpha value is -2.21. The van der Waals surface area contributed by atoms with Gasteiger partial charge in [-0.15, -0.1) is 0 Å². The van der Waals surface area contributed by atoms with Gasteiger partial charge in [-0.25, -0.2) is 9.37 Å². The van der Waals surface area contributed by atoms with Gasteiger partial charge in [0.2, 0.25) is 0 Å². The van der Waals surface area contributed by atoms with Gasteiger partial charge in [-0.3, -0.25) is 4.79 Å². The summed E-state index contributed by atoms with van der Waals surface area (Å²) in [5.74, 6) is -0.216. The van der Waals surface area contributed by atoms with Crippen LogP contribution in [0.2, 0.25) is 0 Å². The van der Waals surface area contributed by atoms with Gasteiger partial charge >= 0.3 is 0 Å². The minimum absolute atomic E-state index is 0.146. The molecule has 5 nitrogen and oxygen atoms in total. The first-order chi connectivity index (χ1) is 11.0. The highest BCUT2D eigenvalue weighted by molar-refractivity contribution is 5.97. The van der Waals surface area contributed by atoms with Crippen molar-refractivity contribution in [2.45, 2.75) is 31.3 Å². The fourth-order valence-corrected chi connectivity index (χ4v) is 3.03. The normalized spacial score (nSPS) is 20.9. The average molecular weight is 317 g/mol. The average Bonchev–Trinajstić information content (AvgIpc) is 3.16. The molecule has 0 bridgehead atoms. The van der Waals surface area contributed by atoms with E-state index in [0.29, 0.717) is 17.4 Å². The second-order valence-electron chi connectivity index (χ2n) is 6.14. The third-order valence-electron chi connectivity index (χ3n) is 4.36. The van der Waals surface area contributed by atoms with Crippen molar-refractivity contribution < 1.29 is 13.6 Å². The lowest BCUT2D eigenvalue weighted by Crippen LogP contribution is -2.35. The van der Waals surface area contributed by atoms with E-state index in [0.717, 1.165) is 19.3 Å². The van der Waals surface area contributed by atoms with Crippen LogP contribution in [0.5, 0.6) is 0 Å². The zero-order chi connectivity index (χ0) is 16.4. The van der Waals surface area contributed by atoms with Crippen molar-refractivity contribution in [2.24, 2.45) is 0 Å². The third kappa shape index (κ3) is 3.42. The van der Waals surface area contributed by atoms with Gasteiger partial charge in [0.05, 0.1) is 0 Å². The molecule has 0 spiro atoms. The van der Waals surface area contributed by atoms with Crippen LogP contribution in [0.3, 0.4) is 0 Å². The molecule has 6 heteroatoms. The van der Waals surface area contributed by atoms with E-state index < -0.39 is 0 Å². The second kappa shape index (κ2) is 6.50. The SMILES string of the molecule is CN(C)[C@H]1CC[C@H](NC(=O)c2ncoc2-c2ccc(F)cc2)C1. The van der Waals surface area contributed by atoms with Gasteiger partial charge in [0, 0.05) is 17.6 Å². The molecule has 23 heavy (non-hydrogen) atoms. The molecule has 0 unspecified atom stereocenters. The van der Waals surface area contributed by atoms with Crippen LogP contribution in [-0.2, 0) is 0 Å². The number of carbonyl (C=O) groups excluding carboxylic acids is 1. The highest BCUT2D eigenvalue weighted by Crippen LogP contribution is 2.25. The Labute approximate surface area is 134 Å². The number of nitrogens with zero attached hydrogens (tertiary/aromatic N) is 2. The molecule has 1 fully saturated rings. The topological polar surface area (TPSA) is 58.4 Å². The summed E-state index contributed by atoms with van der Waals surface area (Å²) in [4.78, 5) is 18.7. The number of amides is 1. The van der Waals surface area contributed by atoms with Crippen molar-refractivity contribution in [3.05, 3.63) is 42.2 Å². The van der Waals surface area contributed by atoms with Gasteiger partial charge in [0.1, 0.15) is 5.82 Å². The first-order valence-electron chi connectivity index (χ1n) is 7.71. The van der Waals surface area contributed by atoms with E-state index in [-0.39, 0.29) is 23.5 Å². The van der Waals surface area contributed by atoms with Crippen molar-refractivity contribution in [1.29, 1.82) is 0 Å². The van der Waals surface area contributed by atoms with Crippen LogP contribution in [0, 0.1) is 5.82 Å². The number of benzene rings is 1. The Morgan fingerprint density at radius 3 is 2.70 bits per heavy atom. The van der Waals surface area contributed by atoms with E-state index in [9.17, 15) is 9.18 Å². The van der Waals surface area contributed by atoms with E-state index in [2.05, 4.69) is 29.3 Å². The second-order valence-corrected chi connectivity index (χ2v) is 6.14. The number of hydrogen-bond acceptors (Lipinski definition) is 4. The van der Waals surface area contributed by atoms with Gasteiger partial charge in [-0.05, 0) is 57.6 Å². The van der Waals surface area contributed by atoms with Gasteiger partial charge < -0.3 is 14.6 Å². The Kier molecular flexibility index (Phi) is 4.43. The quantitative estimate of drug-likeness (QED) is 0.942. The molecule has 1 aromatic heterocycles. The molecule has 1 aliphatic carbocycles. The molecule has 0 saturated heterocycles. The van der Waals surface area contributed by atoms with Gasteiger partial charge in [0.15, 0.2) is 17.8 Å². The molecular formula is C17H20FN3O2. The molecule has 1 aliphatic rings. The minimum Gasteiger partial charge on any atom is -0.443 e. The summed E-state index contributed by atoms with van der Waals surface area (Å²) in [6, 6.07) is 6.45. The maximum atomic E-state index is 13.0. The maximum Gasteiger partial charge on any atom is 0.274 e. The van der Waals surface area contributed by atoms with Crippen LogP contribution in [0.1, 0.15) is 29.8 Å². The van der Waals surface area contributed by atoms with E-state index in [4.69, 9.17) is 4.42 Å². The Morgan fingerprint density at radius 2 is 2.04 bits per heavy atom. The molecule has 2 aromatic rings. The summed E-state index contributed by atoms with van der Waals surface area (Å²) in [6.07, 6.45) is 4.20. The lowest BCUT2D eigenvalue weighted by Gasteiger charge is -2.19. The molecule has 1 N–H and O–H groups in total. The van der Waals surface area contributed by atoms with Crippen LogP contribution < -0.4 is 5.32 Å². The number of aromatic nitrogens is 1. The number of oxazole rings is 1. The molecule has 1 amide bonds. The Balaban J connectivity index is 1.72. The molecule has 0 aliphatic heterocycles. The first kappa shape index (κ1) is 15.7. The highest BCUT2D eigenvalue weighted by atomic mass is 19.1. The summed E-state index contributed by atoms with van der Waals surface area (Å²) >= 11 is 0. The fourth-order valence-electron chi connectivity index (χ4n) is 3.03. The van der Waals surface area contributed by atoms with Crippen LogP contribution >= 0.6 is 0 Å². The molecular weight excluding hydrogens is 297 g/mol. The molecule has 2 atom stereocenters. The Morgan fingerprint density at radius 1 is 1.30 bits per heavy atom. The van der Waals surface area contributed by atoms with E-state index in [1.165, 1.54) is 18.5 Å². The Bertz CT molecular complexity index is 681. The number of nitrogens with one attached hydrogen (secondary N) is 1. The van der Waals surface area contributed by atoms with Crippen molar-refractivity contribution >= 4 is 5.91 Å². The first-order valence-corrected chi connectivity index (χ1v) is 7.71. The molecule has 0 radical (unpaired) electrons. The summed E-state index contributed by atoms with van der Waals surface area (Å²) < 4.78 is 18.4. The number of halogens is 1. The number of rotatable bonds is 4. The van der Waals surface area contributed by atoms with Crippen LogP contribution in [0.15, 0.2) is 35.1 Å². The third-order valence-corrected chi connectivity index (χ3v) is 4.36. The predicted molar refractivity (Wildman–Crippen MR) is 84.5 cm³/mol. The summed E-state index contributed by atoms with van der Waals surface area (Å²) in [6.45, 7) is 0. The van der Waals surface area contributed by atoms with E-state index in [1.807, 2.05) is 0 Å². The molecule has 3 rings (SSSR count). The van der Waals surface area contributed by atoms with Crippen LogP contribution in [0.4, 0.5) is 4.39 Å². The zero-order valence-electron chi connectivity index (χ0n) is 13.3. The zero-order valence-corrected chi connectivity index (χ0v) is 13.3. The minimum atomic E-state index is -0.333. The molecule has 122 valence electrons. The largest absolute Gasteiger partial charge is 0.443 e. The summed E-state index contributed by atoms with van der Waals surface area (Å²) in [7, 11) is 4.11. The van der Waals surface area contributed by atoms with E-state index in [1.54, 1.807) is 12.1 Å². The van der Waals surface area contributed by atoms with Crippen molar-refractivity contribution in [1.82, 2.24) is 15.2 Å². The standard InChI is InChI=1S/C17H20FN3O2/c1-21(2)14-8-7-13(9-14)20-17(22)15-16(23-10-19-15)11-3-5-12(18)6-4-11/h3-6,10,13-14H,7-9H2,1-2H3,(H,20,22)/t13-,14-/m0/s1. The van der Waals surface area contributed by atoms with Crippen LogP contribution in [0.25, 0.3) is 11.3 Å². The molecule has 1 heterocycles. The predicted octanol–water partition coefficient (Wildman–Crippen LogP) is 2.69. The molecule has 1 saturated carbocycles. The van der Waals surface area contributed by atoms with Gasteiger partial charge in [0.25, 0.3) is 5.91 Å². The lowest BCUT2D eigenvalue weighted by atomic mass is 10.1. The van der Waals surface area contributed by atoms with Gasteiger partial charge in [-0.2, -0.15) is 0 Å². The number of carbonyl (C=O) groups is 1. The summed E-state index contributed by atoms with van der Waals surface area (Å²) in [5, 5.41) is 3.03. The lowest BCUT2D eigenvalue weighted by molar-refractivity contribution is 0.0932. The summed E-state index contributed by atoms with van der Waals surface area (Å²) in [5.41, 5.74) is 0.872. The number of hydrogen-bond donors (Lipinski definition) is 1. The maximum absolute atomic E-state index is 13.0. The van der Waals surface area contributed by atoms with Crippen molar-refractivity contribution in [2.75, 3.05) is 14.1 Å². The smallest absolute Gasteiger partial charge is 0.274 e. The van der Waals surface area contributed by atoms with Crippen LogP contribution in [-0.4, -0.2) is 42.0 Å². The van der Waals surface area contributed by atoms with Crippen molar-refractivity contribution in [3.8, 4) is 11.3 Å². The van der Waals surface area contributed by atoms with Crippen molar-refractivity contribution in [3.63, 3.8) is 0 Å². The van der Waals surface area contributed by atoms with E-state index >= 15 is 0 Å². The fraction of sp³-hybridized carbons (Fsp3) is 0.412. The monoisotopic (exact) mass is 317 g/mol.